The van der Waals surface area contributed by atoms with Crippen LogP contribution in [-0.2, 0) is 19.0 Å². The first-order valence-corrected chi connectivity index (χ1v) is 4.28. The van der Waals surface area contributed by atoms with Crippen molar-refractivity contribution >= 4 is 5.91 Å². The highest BCUT2D eigenvalue weighted by molar-refractivity contribution is 5.79. The Kier molecular flexibility index (Phi) is 1.83. The van der Waals surface area contributed by atoms with E-state index in [1.165, 1.54) is 0 Å². The zero-order chi connectivity index (χ0) is 9.64. The van der Waals surface area contributed by atoms with Crippen LogP contribution >= 0.6 is 0 Å². The van der Waals surface area contributed by atoms with Gasteiger partial charge >= 0.3 is 0 Å². The van der Waals surface area contributed by atoms with E-state index in [0.29, 0.717) is 6.42 Å². The van der Waals surface area contributed by atoms with Crippen molar-refractivity contribution in [2.45, 2.75) is 44.6 Å². The molecule has 0 unspecified atom stereocenters. The highest BCUT2D eigenvalue weighted by Gasteiger charge is 2.49. The lowest BCUT2D eigenvalue weighted by Gasteiger charge is -2.19. The summed E-state index contributed by atoms with van der Waals surface area (Å²) in [5.74, 6) is -1.07. The van der Waals surface area contributed by atoms with Crippen molar-refractivity contribution in [3.8, 4) is 0 Å². The second-order valence-corrected chi connectivity index (χ2v) is 3.81. The van der Waals surface area contributed by atoms with Crippen molar-refractivity contribution in [3.05, 3.63) is 0 Å². The van der Waals surface area contributed by atoms with Crippen LogP contribution in [0.3, 0.4) is 0 Å². The fourth-order valence-corrected chi connectivity index (χ4v) is 1.69. The first-order valence-electron chi connectivity index (χ1n) is 4.28. The Balaban J connectivity index is 2.01. The molecule has 0 saturated carbocycles. The Hall–Kier alpha value is -0.650. The molecule has 0 spiro atoms. The van der Waals surface area contributed by atoms with Crippen molar-refractivity contribution < 1.29 is 19.0 Å². The first-order chi connectivity index (χ1) is 5.98. The number of hydrogen-bond donors (Lipinski definition) is 1. The Labute approximate surface area is 76.1 Å². The Morgan fingerprint density at radius 1 is 1.46 bits per heavy atom. The van der Waals surface area contributed by atoms with Gasteiger partial charge in [-0.15, -0.1) is 0 Å². The fraction of sp³-hybridized carbons (Fsp3) is 0.875. The summed E-state index contributed by atoms with van der Waals surface area (Å²) >= 11 is 0. The molecule has 2 aliphatic heterocycles. The molecule has 2 fully saturated rings. The van der Waals surface area contributed by atoms with Crippen LogP contribution in [0.1, 0.15) is 20.3 Å². The summed E-state index contributed by atoms with van der Waals surface area (Å²) in [7, 11) is 0. The molecule has 13 heavy (non-hydrogen) atoms. The lowest BCUT2D eigenvalue weighted by molar-refractivity contribution is -0.205. The van der Waals surface area contributed by atoms with Gasteiger partial charge in [-0.05, 0) is 13.8 Å². The molecule has 2 aliphatic rings. The second kappa shape index (κ2) is 2.67. The summed E-state index contributed by atoms with van der Waals surface area (Å²) in [5.41, 5.74) is 5.09. The van der Waals surface area contributed by atoms with E-state index in [2.05, 4.69) is 0 Å². The van der Waals surface area contributed by atoms with E-state index in [-0.39, 0.29) is 6.10 Å². The van der Waals surface area contributed by atoms with Crippen LogP contribution in [0.15, 0.2) is 0 Å². The third-order valence-electron chi connectivity index (χ3n) is 2.20. The van der Waals surface area contributed by atoms with Gasteiger partial charge < -0.3 is 19.9 Å². The quantitative estimate of drug-likeness (QED) is 0.613. The average molecular weight is 187 g/mol. The van der Waals surface area contributed by atoms with Crippen molar-refractivity contribution in [1.82, 2.24) is 0 Å². The zero-order valence-corrected chi connectivity index (χ0v) is 7.65. The van der Waals surface area contributed by atoms with Gasteiger partial charge in [-0.25, -0.2) is 0 Å². The van der Waals surface area contributed by atoms with E-state index in [4.69, 9.17) is 19.9 Å². The molecule has 2 heterocycles. The van der Waals surface area contributed by atoms with E-state index < -0.39 is 24.1 Å². The van der Waals surface area contributed by atoms with E-state index in [0.717, 1.165) is 0 Å². The SMILES string of the molecule is CC1(C)O[C@H]2O[C@@H](C(N)=O)C[C@H]2O1. The molecule has 3 atom stereocenters. The van der Waals surface area contributed by atoms with Crippen LogP contribution in [0.25, 0.3) is 0 Å². The number of fused-ring (bicyclic) bond motifs is 1. The summed E-state index contributed by atoms with van der Waals surface area (Å²) in [5, 5.41) is 0. The van der Waals surface area contributed by atoms with Crippen molar-refractivity contribution in [2.75, 3.05) is 0 Å². The molecule has 0 aliphatic carbocycles. The minimum Gasteiger partial charge on any atom is -0.367 e. The predicted molar refractivity (Wildman–Crippen MR) is 42.5 cm³/mol. The second-order valence-electron chi connectivity index (χ2n) is 3.81. The van der Waals surface area contributed by atoms with Gasteiger partial charge in [0.2, 0.25) is 5.91 Å². The molecule has 2 N–H and O–H groups in total. The van der Waals surface area contributed by atoms with Crippen LogP contribution in [-0.4, -0.2) is 30.2 Å². The predicted octanol–water partition coefficient (Wildman–Crippen LogP) is -0.262. The molecule has 0 bridgehead atoms. The molecule has 0 radical (unpaired) electrons. The number of amides is 1. The molecule has 0 aromatic heterocycles. The van der Waals surface area contributed by atoms with Crippen LogP contribution in [0.4, 0.5) is 0 Å². The number of nitrogens with two attached hydrogens (primary N) is 1. The molecule has 1 amide bonds. The molecular formula is C8H13NO4. The van der Waals surface area contributed by atoms with Crippen molar-refractivity contribution in [1.29, 1.82) is 0 Å². The van der Waals surface area contributed by atoms with Crippen molar-refractivity contribution in [2.24, 2.45) is 5.73 Å². The summed E-state index contributed by atoms with van der Waals surface area (Å²) < 4.78 is 16.2. The number of primary amides is 1. The molecule has 2 saturated heterocycles. The van der Waals surface area contributed by atoms with Gasteiger partial charge in [-0.2, -0.15) is 0 Å². The third kappa shape index (κ3) is 1.54. The lowest BCUT2D eigenvalue weighted by atomic mass is 10.2. The van der Waals surface area contributed by atoms with E-state index in [9.17, 15) is 4.79 Å². The van der Waals surface area contributed by atoms with Gasteiger partial charge in [0.1, 0.15) is 12.2 Å². The molecule has 0 aromatic carbocycles. The normalized spacial score (nSPS) is 41.8. The standard InChI is InChI=1S/C8H13NO4/c1-8(2)12-5-3-4(6(9)10)11-7(5)13-8/h4-5,7H,3H2,1-2H3,(H2,9,10)/t4-,5-,7-/m1/s1. The maximum atomic E-state index is 10.8. The number of ether oxygens (including phenoxy) is 3. The smallest absolute Gasteiger partial charge is 0.246 e. The monoisotopic (exact) mass is 187 g/mol. The lowest BCUT2D eigenvalue weighted by Crippen LogP contribution is -2.31. The summed E-state index contributed by atoms with van der Waals surface area (Å²) in [6, 6.07) is 0. The number of hydrogen-bond acceptors (Lipinski definition) is 4. The summed E-state index contributed by atoms with van der Waals surface area (Å²) in [6.07, 6.45) is -0.672. The third-order valence-corrected chi connectivity index (χ3v) is 2.20. The molecular weight excluding hydrogens is 174 g/mol. The fourth-order valence-electron chi connectivity index (χ4n) is 1.69. The van der Waals surface area contributed by atoms with Gasteiger partial charge in [-0.3, -0.25) is 4.79 Å². The van der Waals surface area contributed by atoms with Crippen molar-refractivity contribution in [3.63, 3.8) is 0 Å². The minimum absolute atomic E-state index is 0.160. The average Bonchev–Trinajstić information content (AvgIpc) is 2.39. The summed E-state index contributed by atoms with van der Waals surface area (Å²) in [6.45, 7) is 3.63. The largest absolute Gasteiger partial charge is 0.367 e. The van der Waals surface area contributed by atoms with Crippen LogP contribution in [0.5, 0.6) is 0 Å². The van der Waals surface area contributed by atoms with Crippen LogP contribution in [0.2, 0.25) is 0 Å². The minimum atomic E-state index is -0.613. The number of rotatable bonds is 1. The Morgan fingerprint density at radius 2 is 2.15 bits per heavy atom. The molecule has 2 rings (SSSR count). The number of carbonyl (C=O) groups excluding carboxylic acids is 1. The van der Waals surface area contributed by atoms with Gasteiger partial charge in [-0.1, -0.05) is 0 Å². The molecule has 5 nitrogen and oxygen atoms in total. The van der Waals surface area contributed by atoms with Gasteiger partial charge in [0.25, 0.3) is 0 Å². The van der Waals surface area contributed by atoms with Gasteiger partial charge in [0.05, 0.1) is 0 Å². The van der Waals surface area contributed by atoms with E-state index in [1.807, 2.05) is 13.8 Å². The highest BCUT2D eigenvalue weighted by Crippen LogP contribution is 2.36. The first kappa shape index (κ1) is 8.93. The molecule has 0 aromatic rings. The Morgan fingerprint density at radius 3 is 2.69 bits per heavy atom. The van der Waals surface area contributed by atoms with Crippen LogP contribution < -0.4 is 5.73 Å². The van der Waals surface area contributed by atoms with Crippen LogP contribution in [0, 0.1) is 0 Å². The van der Waals surface area contributed by atoms with Gasteiger partial charge in [0.15, 0.2) is 12.1 Å². The maximum absolute atomic E-state index is 10.8. The maximum Gasteiger partial charge on any atom is 0.246 e. The van der Waals surface area contributed by atoms with Gasteiger partial charge in [0, 0.05) is 6.42 Å². The van der Waals surface area contributed by atoms with E-state index in [1.54, 1.807) is 0 Å². The van der Waals surface area contributed by atoms with E-state index >= 15 is 0 Å². The Bertz CT molecular complexity index is 224. The molecule has 74 valence electrons. The summed E-state index contributed by atoms with van der Waals surface area (Å²) in [4.78, 5) is 10.8. The molecule has 5 heteroatoms. The highest BCUT2D eigenvalue weighted by atomic mass is 16.8. The number of carbonyl (C=O) groups is 1. The zero-order valence-electron chi connectivity index (χ0n) is 7.65. The topological polar surface area (TPSA) is 70.8 Å².